The van der Waals surface area contributed by atoms with Crippen LogP contribution in [0.1, 0.15) is 23.5 Å². The lowest BCUT2D eigenvalue weighted by Crippen LogP contribution is -2.46. The molecule has 6 nitrogen and oxygen atoms in total. The highest BCUT2D eigenvalue weighted by Crippen LogP contribution is 2.26. The summed E-state index contributed by atoms with van der Waals surface area (Å²) in [5.74, 6) is 0.536. The van der Waals surface area contributed by atoms with Gasteiger partial charge in [-0.1, -0.05) is 48.5 Å². The predicted octanol–water partition coefficient (Wildman–Crippen LogP) is 1.91. The minimum Gasteiger partial charge on any atom is -0.396 e. The summed E-state index contributed by atoms with van der Waals surface area (Å²) in [7, 11) is 1.67. The van der Waals surface area contributed by atoms with Crippen molar-refractivity contribution in [2.75, 3.05) is 38.2 Å². The number of carbonyl (C=O) groups is 1. The van der Waals surface area contributed by atoms with Gasteiger partial charge >= 0.3 is 0 Å². The molecule has 0 spiro atoms. The molecule has 1 unspecified atom stereocenters. The second kappa shape index (κ2) is 9.90. The van der Waals surface area contributed by atoms with Gasteiger partial charge < -0.3 is 20.6 Å². The van der Waals surface area contributed by atoms with Crippen LogP contribution in [0, 0.1) is 0 Å². The zero-order valence-corrected chi connectivity index (χ0v) is 16.3. The van der Waals surface area contributed by atoms with Gasteiger partial charge in [-0.3, -0.25) is 9.79 Å². The fraction of sp³-hybridized carbons (Fsp3) is 0.364. The Morgan fingerprint density at radius 2 is 1.89 bits per heavy atom. The zero-order valence-electron chi connectivity index (χ0n) is 16.3. The standard InChI is InChI=1S/C22H28N4O2/c1-23-22(24-14-19(16-27)17-8-3-2-4-9-17)25-15-21(28)26-13-7-11-18-10-5-6-12-20(18)26/h2-6,8-10,12,19,27H,7,11,13-16H2,1H3,(H2,23,24,25). The third-order valence-corrected chi connectivity index (χ3v) is 5.05. The summed E-state index contributed by atoms with van der Waals surface area (Å²) in [5.41, 5.74) is 3.29. The van der Waals surface area contributed by atoms with Gasteiger partial charge in [-0.25, -0.2) is 0 Å². The van der Waals surface area contributed by atoms with Crippen molar-refractivity contribution >= 4 is 17.6 Å². The number of anilines is 1. The van der Waals surface area contributed by atoms with Gasteiger partial charge in [-0.05, 0) is 30.0 Å². The molecular formula is C22H28N4O2. The van der Waals surface area contributed by atoms with Crippen LogP contribution in [0.2, 0.25) is 0 Å². The molecule has 3 rings (SSSR count). The molecule has 1 atom stereocenters. The van der Waals surface area contributed by atoms with E-state index < -0.39 is 0 Å². The summed E-state index contributed by atoms with van der Waals surface area (Å²) < 4.78 is 0. The highest BCUT2D eigenvalue weighted by atomic mass is 16.3. The number of para-hydroxylation sites is 1. The molecule has 148 valence electrons. The molecule has 28 heavy (non-hydrogen) atoms. The van der Waals surface area contributed by atoms with Gasteiger partial charge in [0.25, 0.3) is 0 Å². The van der Waals surface area contributed by atoms with Gasteiger partial charge in [-0.2, -0.15) is 0 Å². The molecule has 0 aliphatic carbocycles. The van der Waals surface area contributed by atoms with Crippen LogP contribution in [0.25, 0.3) is 0 Å². The molecule has 0 fully saturated rings. The van der Waals surface area contributed by atoms with Gasteiger partial charge in [0.05, 0.1) is 13.2 Å². The number of amides is 1. The minimum atomic E-state index is -0.0376. The molecular weight excluding hydrogens is 352 g/mol. The molecule has 6 heteroatoms. The Morgan fingerprint density at radius 1 is 1.14 bits per heavy atom. The number of nitrogens with one attached hydrogen (secondary N) is 2. The van der Waals surface area contributed by atoms with E-state index in [-0.39, 0.29) is 25.0 Å². The number of guanidine groups is 1. The van der Waals surface area contributed by atoms with Crippen LogP contribution < -0.4 is 15.5 Å². The number of aryl methyl sites for hydroxylation is 1. The van der Waals surface area contributed by atoms with Crippen LogP contribution >= 0.6 is 0 Å². The van der Waals surface area contributed by atoms with Crippen molar-refractivity contribution in [2.45, 2.75) is 18.8 Å². The third-order valence-electron chi connectivity index (χ3n) is 5.05. The first-order chi connectivity index (χ1) is 13.7. The maximum absolute atomic E-state index is 12.7. The highest BCUT2D eigenvalue weighted by molar-refractivity contribution is 5.98. The Balaban J connectivity index is 1.54. The molecule has 3 N–H and O–H groups in total. The minimum absolute atomic E-state index is 0.0249. The Bertz CT molecular complexity index is 807. The lowest BCUT2D eigenvalue weighted by molar-refractivity contribution is -0.117. The predicted molar refractivity (Wildman–Crippen MR) is 113 cm³/mol. The summed E-state index contributed by atoms with van der Waals surface area (Å²) in [6.07, 6.45) is 1.99. The van der Waals surface area contributed by atoms with Gasteiger partial charge in [0, 0.05) is 31.7 Å². The van der Waals surface area contributed by atoms with Crippen molar-refractivity contribution in [1.29, 1.82) is 0 Å². The molecule has 0 radical (unpaired) electrons. The summed E-state index contributed by atoms with van der Waals surface area (Å²) in [4.78, 5) is 18.8. The van der Waals surface area contributed by atoms with Gasteiger partial charge in [0.1, 0.15) is 0 Å². The van der Waals surface area contributed by atoms with E-state index in [1.807, 2.05) is 53.4 Å². The van der Waals surface area contributed by atoms with Crippen molar-refractivity contribution in [3.8, 4) is 0 Å². The molecule has 0 aromatic heterocycles. The monoisotopic (exact) mass is 380 g/mol. The van der Waals surface area contributed by atoms with Crippen molar-refractivity contribution in [1.82, 2.24) is 10.6 Å². The van der Waals surface area contributed by atoms with E-state index in [0.717, 1.165) is 30.6 Å². The van der Waals surface area contributed by atoms with Gasteiger partial charge in [-0.15, -0.1) is 0 Å². The third kappa shape index (κ3) is 4.89. The first kappa shape index (κ1) is 19.9. The van der Waals surface area contributed by atoms with Crippen molar-refractivity contribution in [3.63, 3.8) is 0 Å². The number of benzene rings is 2. The summed E-state index contributed by atoms with van der Waals surface area (Å²) in [6, 6.07) is 17.9. The van der Waals surface area contributed by atoms with E-state index in [1.54, 1.807) is 7.05 Å². The molecule has 1 aliphatic heterocycles. The number of nitrogens with zero attached hydrogens (tertiary/aromatic N) is 2. The molecule has 0 saturated carbocycles. The smallest absolute Gasteiger partial charge is 0.246 e. The summed E-state index contributed by atoms with van der Waals surface area (Å²) in [6.45, 7) is 1.48. The van der Waals surface area contributed by atoms with Crippen molar-refractivity contribution < 1.29 is 9.90 Å². The normalized spacial score (nSPS) is 14.9. The number of aliphatic hydroxyl groups excluding tert-OH is 1. The summed E-state index contributed by atoms with van der Waals surface area (Å²) >= 11 is 0. The fourth-order valence-electron chi connectivity index (χ4n) is 3.50. The van der Waals surface area contributed by atoms with E-state index >= 15 is 0 Å². The lowest BCUT2D eigenvalue weighted by Gasteiger charge is -2.29. The van der Waals surface area contributed by atoms with E-state index in [9.17, 15) is 9.90 Å². The molecule has 2 aromatic rings. The molecule has 0 bridgehead atoms. The molecule has 2 aromatic carbocycles. The number of aliphatic imine (C=N–C) groups is 1. The Kier molecular flexibility index (Phi) is 7.03. The number of fused-ring (bicyclic) bond motifs is 1. The number of hydrogen-bond acceptors (Lipinski definition) is 3. The average Bonchev–Trinajstić information content (AvgIpc) is 2.76. The molecule has 1 amide bonds. The Morgan fingerprint density at radius 3 is 2.64 bits per heavy atom. The maximum Gasteiger partial charge on any atom is 0.246 e. The largest absolute Gasteiger partial charge is 0.396 e. The summed E-state index contributed by atoms with van der Waals surface area (Å²) in [5, 5.41) is 16.0. The quantitative estimate of drug-likeness (QED) is 0.529. The topological polar surface area (TPSA) is 77.0 Å². The van der Waals surface area contributed by atoms with Crippen LogP contribution in [0.4, 0.5) is 5.69 Å². The zero-order chi connectivity index (χ0) is 19.8. The lowest BCUT2D eigenvalue weighted by atomic mass is 10.0. The van der Waals surface area contributed by atoms with Crippen LogP contribution in [0.5, 0.6) is 0 Å². The number of rotatable bonds is 6. The van der Waals surface area contributed by atoms with Gasteiger partial charge in [0.2, 0.25) is 5.91 Å². The SMILES string of the molecule is CN=C(NCC(=O)N1CCCc2ccccc21)NCC(CO)c1ccccc1. The average molecular weight is 380 g/mol. The van der Waals surface area contributed by atoms with Gasteiger partial charge in [0.15, 0.2) is 5.96 Å². The second-order valence-electron chi connectivity index (χ2n) is 6.87. The number of hydrogen-bond donors (Lipinski definition) is 3. The Hall–Kier alpha value is -2.86. The number of carbonyl (C=O) groups excluding carboxylic acids is 1. The van der Waals surface area contributed by atoms with Crippen molar-refractivity contribution in [3.05, 3.63) is 65.7 Å². The van der Waals surface area contributed by atoms with Crippen LogP contribution in [-0.2, 0) is 11.2 Å². The fourth-order valence-corrected chi connectivity index (χ4v) is 3.50. The highest BCUT2D eigenvalue weighted by Gasteiger charge is 2.22. The Labute approximate surface area is 166 Å². The second-order valence-corrected chi connectivity index (χ2v) is 6.87. The van der Waals surface area contributed by atoms with E-state index in [2.05, 4.69) is 21.7 Å². The molecule has 0 saturated heterocycles. The van der Waals surface area contributed by atoms with Crippen molar-refractivity contribution in [2.24, 2.45) is 4.99 Å². The van der Waals surface area contributed by atoms with Crippen LogP contribution in [-0.4, -0.2) is 50.3 Å². The van der Waals surface area contributed by atoms with Crippen LogP contribution in [0.15, 0.2) is 59.6 Å². The number of aliphatic hydroxyl groups is 1. The molecule has 1 heterocycles. The van der Waals surface area contributed by atoms with E-state index in [0.29, 0.717) is 12.5 Å². The van der Waals surface area contributed by atoms with Crippen LogP contribution in [0.3, 0.4) is 0 Å². The first-order valence-electron chi connectivity index (χ1n) is 9.71. The van der Waals surface area contributed by atoms with E-state index in [4.69, 9.17) is 0 Å². The maximum atomic E-state index is 12.7. The first-order valence-corrected chi connectivity index (χ1v) is 9.71. The molecule has 1 aliphatic rings. The van der Waals surface area contributed by atoms with E-state index in [1.165, 1.54) is 5.56 Å².